The summed E-state index contributed by atoms with van der Waals surface area (Å²) in [6.07, 6.45) is 4.94. The second-order valence-corrected chi connectivity index (χ2v) is 3.20. The molecule has 0 unspecified atom stereocenters. The zero-order valence-electron chi connectivity index (χ0n) is 7.60. The van der Waals surface area contributed by atoms with E-state index in [0.717, 1.165) is 16.6 Å². The first kappa shape index (κ1) is 8.04. The van der Waals surface area contributed by atoms with Crippen LogP contribution >= 0.6 is 0 Å². The Morgan fingerprint density at radius 3 is 2.62 bits per heavy atom. The lowest BCUT2D eigenvalue weighted by Gasteiger charge is -2.05. The van der Waals surface area contributed by atoms with Crippen molar-refractivity contribution in [2.45, 2.75) is 19.8 Å². The average molecular weight is 174 g/mol. The molecule has 0 aliphatic carbocycles. The summed E-state index contributed by atoms with van der Waals surface area (Å²) in [6.45, 7) is 4.20. The second kappa shape index (κ2) is 3.05. The van der Waals surface area contributed by atoms with Gasteiger partial charge in [-0.3, -0.25) is 0 Å². The van der Waals surface area contributed by atoms with Crippen LogP contribution in [0, 0.1) is 0 Å². The molecule has 0 N–H and O–H groups in total. The largest absolute Gasteiger partial charge is 0.240 e. The lowest BCUT2D eigenvalue weighted by atomic mass is 10.1. The Morgan fingerprint density at radius 1 is 1.08 bits per heavy atom. The molecule has 0 saturated heterocycles. The number of hydrogen-bond donors (Lipinski definition) is 0. The lowest BCUT2D eigenvalue weighted by Crippen LogP contribution is -1.96. The quantitative estimate of drug-likeness (QED) is 0.658. The normalized spacial score (nSPS) is 11.0. The van der Waals surface area contributed by atoms with Crippen LogP contribution in [-0.2, 0) is 0 Å². The maximum atomic E-state index is 4.23. The molecule has 0 bridgehead atoms. The third-order valence-electron chi connectivity index (χ3n) is 1.93. The number of rotatable bonds is 1. The Kier molecular flexibility index (Phi) is 1.88. The second-order valence-electron chi connectivity index (χ2n) is 3.20. The van der Waals surface area contributed by atoms with Crippen LogP contribution in [0.4, 0.5) is 0 Å². The van der Waals surface area contributed by atoms with Crippen molar-refractivity contribution in [1.29, 1.82) is 0 Å². The van der Waals surface area contributed by atoms with Crippen molar-refractivity contribution in [3.05, 3.63) is 24.4 Å². The Balaban J connectivity index is 2.76. The van der Waals surface area contributed by atoms with Gasteiger partial charge in [-0.25, -0.2) is 9.97 Å². The van der Waals surface area contributed by atoms with Crippen LogP contribution in [0.25, 0.3) is 10.9 Å². The highest BCUT2D eigenvalue weighted by atomic mass is 15.1. The first-order valence-electron chi connectivity index (χ1n) is 4.20. The molecule has 4 heteroatoms. The highest BCUT2D eigenvalue weighted by molar-refractivity contribution is 5.78. The van der Waals surface area contributed by atoms with E-state index in [0.29, 0.717) is 5.92 Å². The molecular weight excluding hydrogens is 164 g/mol. The summed E-state index contributed by atoms with van der Waals surface area (Å²) in [6, 6.07) is 0. The summed E-state index contributed by atoms with van der Waals surface area (Å²) in [5.41, 5.74) is 1.88. The van der Waals surface area contributed by atoms with E-state index in [-0.39, 0.29) is 0 Å². The molecule has 4 nitrogen and oxygen atoms in total. The first-order chi connectivity index (χ1) is 6.29. The van der Waals surface area contributed by atoms with E-state index >= 15 is 0 Å². The summed E-state index contributed by atoms with van der Waals surface area (Å²) in [4.78, 5) is 8.34. The van der Waals surface area contributed by atoms with E-state index in [1.807, 2.05) is 0 Å². The van der Waals surface area contributed by atoms with Gasteiger partial charge in [-0.15, -0.1) is 0 Å². The molecule has 0 saturated carbocycles. The molecule has 66 valence electrons. The highest BCUT2D eigenvalue weighted by Gasteiger charge is 2.06. The molecule has 0 fully saturated rings. The van der Waals surface area contributed by atoms with E-state index in [1.54, 1.807) is 18.7 Å². The van der Waals surface area contributed by atoms with Gasteiger partial charge < -0.3 is 0 Å². The van der Waals surface area contributed by atoms with E-state index in [9.17, 15) is 0 Å². The first-order valence-corrected chi connectivity index (χ1v) is 4.20. The topological polar surface area (TPSA) is 51.6 Å². The Morgan fingerprint density at radius 2 is 1.85 bits per heavy atom. The van der Waals surface area contributed by atoms with E-state index in [4.69, 9.17) is 0 Å². The zero-order valence-corrected chi connectivity index (χ0v) is 7.60. The smallest absolute Gasteiger partial charge is 0.116 e. The fourth-order valence-electron chi connectivity index (χ4n) is 1.30. The molecule has 0 aliphatic rings. The Bertz CT molecular complexity index is 419. The minimum atomic E-state index is 0.384. The highest BCUT2D eigenvalue weighted by Crippen LogP contribution is 2.19. The summed E-state index contributed by atoms with van der Waals surface area (Å²) >= 11 is 0. The van der Waals surface area contributed by atoms with Crippen molar-refractivity contribution in [3.63, 3.8) is 0 Å². The Hall–Kier alpha value is -1.58. The fraction of sp³-hybridized carbons (Fsp3) is 0.333. The maximum Gasteiger partial charge on any atom is 0.116 e. The molecule has 0 amide bonds. The van der Waals surface area contributed by atoms with Crippen LogP contribution in [0.15, 0.2) is 18.7 Å². The number of hydrogen-bond acceptors (Lipinski definition) is 4. The van der Waals surface area contributed by atoms with E-state index < -0.39 is 0 Å². The predicted molar refractivity (Wildman–Crippen MR) is 49.2 cm³/mol. The molecular formula is C9H10N4. The van der Waals surface area contributed by atoms with Gasteiger partial charge in [0, 0.05) is 5.39 Å². The minimum absolute atomic E-state index is 0.384. The summed E-state index contributed by atoms with van der Waals surface area (Å²) < 4.78 is 0. The predicted octanol–water partition coefficient (Wildman–Crippen LogP) is 1.54. The van der Waals surface area contributed by atoms with Crippen molar-refractivity contribution < 1.29 is 0 Å². The SMILES string of the molecule is CC(C)c1ncnc2cnncc12. The van der Waals surface area contributed by atoms with Crippen molar-refractivity contribution in [1.82, 2.24) is 20.2 Å². The van der Waals surface area contributed by atoms with Gasteiger partial charge in [0.05, 0.1) is 23.6 Å². The van der Waals surface area contributed by atoms with E-state index in [1.165, 1.54) is 0 Å². The lowest BCUT2D eigenvalue weighted by molar-refractivity contribution is 0.826. The number of nitrogens with zero attached hydrogens (tertiary/aromatic N) is 4. The molecule has 2 rings (SSSR count). The molecule has 2 aromatic heterocycles. The molecule has 13 heavy (non-hydrogen) atoms. The van der Waals surface area contributed by atoms with Crippen LogP contribution in [0.5, 0.6) is 0 Å². The number of aromatic nitrogens is 4. The molecule has 0 atom stereocenters. The standard InChI is InChI=1S/C9H10N4/c1-6(2)9-7-3-12-13-4-8(7)10-5-11-9/h3-6H,1-2H3. The van der Waals surface area contributed by atoms with Crippen LogP contribution in [0.1, 0.15) is 25.5 Å². The average Bonchev–Trinajstić information content (AvgIpc) is 2.17. The van der Waals surface area contributed by atoms with Crippen LogP contribution in [0.3, 0.4) is 0 Å². The fourth-order valence-corrected chi connectivity index (χ4v) is 1.30. The van der Waals surface area contributed by atoms with Gasteiger partial charge >= 0.3 is 0 Å². The van der Waals surface area contributed by atoms with Gasteiger partial charge in [0.25, 0.3) is 0 Å². The van der Waals surface area contributed by atoms with Gasteiger partial charge in [0.2, 0.25) is 0 Å². The molecule has 0 spiro atoms. The van der Waals surface area contributed by atoms with Crippen molar-refractivity contribution in [2.75, 3.05) is 0 Å². The summed E-state index contributed by atoms with van der Waals surface area (Å²) in [7, 11) is 0. The van der Waals surface area contributed by atoms with Gasteiger partial charge in [0.15, 0.2) is 0 Å². The maximum absolute atomic E-state index is 4.23. The summed E-state index contributed by atoms with van der Waals surface area (Å²) in [5, 5.41) is 8.59. The van der Waals surface area contributed by atoms with Crippen LogP contribution < -0.4 is 0 Å². The van der Waals surface area contributed by atoms with Gasteiger partial charge in [0.1, 0.15) is 6.33 Å². The third-order valence-corrected chi connectivity index (χ3v) is 1.93. The minimum Gasteiger partial charge on any atom is -0.240 e. The third kappa shape index (κ3) is 1.35. The zero-order chi connectivity index (χ0) is 9.26. The Labute approximate surface area is 76.1 Å². The monoisotopic (exact) mass is 174 g/mol. The van der Waals surface area contributed by atoms with Crippen molar-refractivity contribution in [3.8, 4) is 0 Å². The van der Waals surface area contributed by atoms with Gasteiger partial charge in [-0.1, -0.05) is 13.8 Å². The molecule has 0 aromatic carbocycles. The molecule has 0 radical (unpaired) electrons. The van der Waals surface area contributed by atoms with Crippen molar-refractivity contribution in [2.24, 2.45) is 0 Å². The molecule has 0 aliphatic heterocycles. The van der Waals surface area contributed by atoms with Gasteiger partial charge in [-0.05, 0) is 5.92 Å². The van der Waals surface area contributed by atoms with E-state index in [2.05, 4.69) is 34.0 Å². The number of fused-ring (bicyclic) bond motifs is 1. The van der Waals surface area contributed by atoms with Crippen molar-refractivity contribution >= 4 is 10.9 Å². The van der Waals surface area contributed by atoms with Gasteiger partial charge in [-0.2, -0.15) is 10.2 Å². The van der Waals surface area contributed by atoms with Crippen LogP contribution in [-0.4, -0.2) is 20.2 Å². The summed E-state index contributed by atoms with van der Waals surface area (Å²) in [5.74, 6) is 0.384. The molecule has 2 heterocycles. The van der Waals surface area contributed by atoms with Crippen LogP contribution in [0.2, 0.25) is 0 Å². The molecule has 2 aromatic rings.